The molecule has 4 N–H and O–H groups in total. The molecule has 6 heteroatoms. The fourth-order valence-corrected chi connectivity index (χ4v) is 0. The van der Waals surface area contributed by atoms with E-state index in [2.05, 4.69) is 0 Å². The molecule has 0 aromatic heterocycles. The lowest BCUT2D eigenvalue weighted by Crippen LogP contribution is -2.03. The molecule has 0 heterocycles. The maximum absolute atomic E-state index is 9.56. The number of aliphatic hydroxyl groups is 4. The molecule has 1 unspecified atom stereocenters. The van der Waals surface area contributed by atoms with Gasteiger partial charge in [0.15, 0.2) is 0 Å². The van der Waals surface area contributed by atoms with Gasteiger partial charge in [-0.05, 0) is 6.92 Å². The molecule has 0 aliphatic heterocycles. The van der Waals surface area contributed by atoms with Crippen LogP contribution in [0, 0.1) is 0 Å². The van der Waals surface area contributed by atoms with Gasteiger partial charge in [0.25, 0.3) is 0 Å². The van der Waals surface area contributed by atoms with Crippen molar-refractivity contribution in [3.05, 3.63) is 0 Å². The quantitative estimate of drug-likeness (QED) is 0.442. The summed E-state index contributed by atoms with van der Waals surface area (Å²) in [6.45, 7) is 1.14. The summed E-state index contributed by atoms with van der Waals surface area (Å²) in [6.07, 6.45) is 2.72. The Kier molecular flexibility index (Phi) is 25.8. The molecular weight excluding hydrogens is 196 g/mol. The minimum Gasteiger partial charge on any atom is -0.394 e. The van der Waals surface area contributed by atoms with Gasteiger partial charge in [-0.2, -0.15) is 0 Å². The molecule has 0 spiro atoms. The second-order valence-corrected chi connectivity index (χ2v) is 3.70. The fraction of sp³-hybridized carbons (Fsp3) is 1.00. The van der Waals surface area contributed by atoms with Crippen LogP contribution in [0.3, 0.4) is 0 Å². The maximum atomic E-state index is 9.56. The minimum atomic E-state index is -0.611. The van der Waals surface area contributed by atoms with Crippen LogP contribution >= 0.6 is 0 Å². The Balaban J connectivity index is -0.000000117. The molecule has 0 fully saturated rings. The van der Waals surface area contributed by atoms with Crippen LogP contribution in [-0.4, -0.2) is 63.1 Å². The lowest BCUT2D eigenvalue weighted by Gasteiger charge is -1.90. The third kappa shape index (κ3) is 134. The lowest BCUT2D eigenvalue weighted by atomic mass is 10.5. The number of hydrogen-bond acceptors (Lipinski definition) is 5. The normalized spacial score (nSPS) is 10.8. The molecule has 13 heavy (non-hydrogen) atoms. The first kappa shape index (κ1) is 18.7. The SMILES string of the molecule is CC(O)CO.CS(C)=O.OCCO. The van der Waals surface area contributed by atoms with Crippen LogP contribution in [-0.2, 0) is 10.8 Å². The Labute approximate surface area is 81.5 Å². The summed E-state index contributed by atoms with van der Waals surface area (Å²) < 4.78 is 9.56. The molecule has 5 nitrogen and oxygen atoms in total. The van der Waals surface area contributed by atoms with Crippen molar-refractivity contribution in [2.24, 2.45) is 0 Å². The van der Waals surface area contributed by atoms with Gasteiger partial charge in [0.05, 0.1) is 25.9 Å². The second-order valence-electron chi connectivity index (χ2n) is 2.22. The molecule has 0 aliphatic rings. The van der Waals surface area contributed by atoms with Crippen LogP contribution < -0.4 is 0 Å². The zero-order valence-corrected chi connectivity index (χ0v) is 9.12. The molecule has 1 atom stereocenters. The third-order valence-electron chi connectivity index (χ3n) is 0.364. The Bertz CT molecular complexity index is 90.9. The lowest BCUT2D eigenvalue weighted by molar-refractivity contribution is 0.110. The largest absolute Gasteiger partial charge is 0.394 e. The van der Waals surface area contributed by atoms with Gasteiger partial charge in [0.2, 0.25) is 0 Å². The summed E-state index contributed by atoms with van der Waals surface area (Å²) in [7, 11) is -0.611. The summed E-state index contributed by atoms with van der Waals surface area (Å²) in [4.78, 5) is 0. The monoisotopic (exact) mass is 216 g/mol. The maximum Gasteiger partial charge on any atom is 0.0742 e. The van der Waals surface area contributed by atoms with Crippen molar-refractivity contribution < 1.29 is 24.6 Å². The van der Waals surface area contributed by atoms with E-state index < -0.39 is 16.9 Å². The van der Waals surface area contributed by atoms with Crippen molar-refractivity contribution in [1.82, 2.24) is 0 Å². The predicted molar refractivity (Wildman–Crippen MR) is 52.9 cm³/mol. The van der Waals surface area contributed by atoms with Gasteiger partial charge < -0.3 is 20.4 Å². The van der Waals surface area contributed by atoms with Gasteiger partial charge in [0, 0.05) is 23.3 Å². The molecule has 0 aromatic carbocycles. The molecule has 0 amide bonds. The van der Waals surface area contributed by atoms with Gasteiger partial charge >= 0.3 is 0 Å². The first-order valence-electron chi connectivity index (χ1n) is 3.68. The van der Waals surface area contributed by atoms with Gasteiger partial charge in [-0.25, -0.2) is 0 Å². The topological polar surface area (TPSA) is 98.0 Å². The molecule has 0 radical (unpaired) electrons. The van der Waals surface area contributed by atoms with E-state index >= 15 is 0 Å². The Morgan fingerprint density at radius 2 is 1.31 bits per heavy atom. The number of hydrogen-bond donors (Lipinski definition) is 4. The Morgan fingerprint density at radius 1 is 1.15 bits per heavy atom. The summed E-state index contributed by atoms with van der Waals surface area (Å²) in [5.41, 5.74) is 0. The molecule has 0 aliphatic carbocycles. The smallest absolute Gasteiger partial charge is 0.0742 e. The van der Waals surface area contributed by atoms with Crippen molar-refractivity contribution in [2.45, 2.75) is 13.0 Å². The number of rotatable bonds is 2. The highest BCUT2D eigenvalue weighted by Gasteiger charge is 1.83. The minimum absolute atomic E-state index is 0.125. The standard InChI is InChI=1S/C3H8O2.C2H6O2.C2H6OS/c1-3(5)2-4;3-1-2-4;1-4(2)3/h3-5H,2H2,1H3;3-4H,1-2H2;1-2H3. The van der Waals surface area contributed by atoms with Crippen molar-refractivity contribution in [2.75, 3.05) is 32.3 Å². The number of aliphatic hydroxyl groups excluding tert-OH is 4. The van der Waals surface area contributed by atoms with Crippen molar-refractivity contribution in [1.29, 1.82) is 0 Å². The van der Waals surface area contributed by atoms with Crippen molar-refractivity contribution >= 4 is 10.8 Å². The van der Waals surface area contributed by atoms with Crippen molar-refractivity contribution in [3.63, 3.8) is 0 Å². The first-order valence-corrected chi connectivity index (χ1v) is 5.64. The van der Waals surface area contributed by atoms with Gasteiger partial charge in [0.1, 0.15) is 0 Å². The summed E-state index contributed by atoms with van der Waals surface area (Å²) in [6, 6.07) is 0. The predicted octanol–water partition coefficient (Wildman–Crippen LogP) is -1.67. The second kappa shape index (κ2) is 17.9. The Morgan fingerprint density at radius 3 is 1.31 bits per heavy atom. The average Bonchev–Trinajstić information content (AvgIpc) is 2.04. The highest BCUT2D eigenvalue weighted by molar-refractivity contribution is 7.83. The molecule has 0 bridgehead atoms. The van der Waals surface area contributed by atoms with E-state index in [-0.39, 0.29) is 19.8 Å². The zero-order chi connectivity index (χ0) is 11.3. The molecule has 0 saturated carbocycles. The molecule has 0 aromatic rings. The van der Waals surface area contributed by atoms with E-state index in [4.69, 9.17) is 20.4 Å². The highest BCUT2D eigenvalue weighted by atomic mass is 32.2. The molecule has 0 saturated heterocycles. The fourth-order valence-electron chi connectivity index (χ4n) is 0. The molecule has 0 rings (SSSR count). The van der Waals surface area contributed by atoms with Gasteiger partial charge in [-0.15, -0.1) is 0 Å². The van der Waals surface area contributed by atoms with E-state index in [0.29, 0.717) is 0 Å². The van der Waals surface area contributed by atoms with Gasteiger partial charge in [-0.3, -0.25) is 4.21 Å². The van der Waals surface area contributed by atoms with E-state index in [0.717, 1.165) is 0 Å². The van der Waals surface area contributed by atoms with Crippen LogP contribution in [0.5, 0.6) is 0 Å². The van der Waals surface area contributed by atoms with Gasteiger partial charge in [-0.1, -0.05) is 0 Å². The van der Waals surface area contributed by atoms with Crippen LogP contribution in [0.4, 0.5) is 0 Å². The van der Waals surface area contributed by atoms with Crippen molar-refractivity contribution in [3.8, 4) is 0 Å². The molecular formula is C7H20O5S. The van der Waals surface area contributed by atoms with E-state index in [9.17, 15) is 4.21 Å². The highest BCUT2D eigenvalue weighted by Crippen LogP contribution is 1.68. The van der Waals surface area contributed by atoms with Crippen LogP contribution in [0.25, 0.3) is 0 Å². The third-order valence-corrected chi connectivity index (χ3v) is 0.364. The van der Waals surface area contributed by atoms with Crippen LogP contribution in [0.15, 0.2) is 0 Å². The van der Waals surface area contributed by atoms with E-state index in [1.807, 2.05) is 0 Å². The van der Waals surface area contributed by atoms with Crippen LogP contribution in [0.2, 0.25) is 0 Å². The van der Waals surface area contributed by atoms with E-state index in [1.54, 1.807) is 12.5 Å². The molecule has 84 valence electrons. The summed E-state index contributed by atoms with van der Waals surface area (Å²) in [5, 5.41) is 31.3. The van der Waals surface area contributed by atoms with E-state index in [1.165, 1.54) is 6.92 Å². The summed E-state index contributed by atoms with van der Waals surface area (Å²) >= 11 is 0. The average molecular weight is 216 g/mol. The zero-order valence-electron chi connectivity index (χ0n) is 8.30. The first-order chi connectivity index (χ1) is 5.92. The van der Waals surface area contributed by atoms with Crippen LogP contribution in [0.1, 0.15) is 6.92 Å². The Hall–Kier alpha value is -0.0100. The summed E-state index contributed by atoms with van der Waals surface area (Å²) in [5.74, 6) is 0.